The highest BCUT2D eigenvalue weighted by atomic mass is 32.2. The van der Waals surface area contributed by atoms with Crippen LogP contribution in [-0.2, 0) is 19.4 Å². The summed E-state index contributed by atoms with van der Waals surface area (Å²) in [5, 5.41) is 0. The Hall–Kier alpha value is -1.62. The first kappa shape index (κ1) is 14.4. The number of benzene rings is 1. The predicted molar refractivity (Wildman–Crippen MR) is 68.6 cm³/mol. The van der Waals surface area contributed by atoms with E-state index >= 15 is 0 Å². The molecule has 1 rings (SSSR count). The summed E-state index contributed by atoms with van der Waals surface area (Å²) in [5.74, 6) is -0.804. The number of hydrogen-bond acceptors (Lipinski definition) is 4. The molecule has 0 spiro atoms. The Morgan fingerprint density at radius 1 is 1.17 bits per heavy atom. The Kier molecular flexibility index (Phi) is 4.67. The van der Waals surface area contributed by atoms with Gasteiger partial charge in [0.1, 0.15) is 0 Å². The van der Waals surface area contributed by atoms with Crippen LogP contribution in [0.2, 0.25) is 0 Å². The van der Waals surface area contributed by atoms with Gasteiger partial charge in [0.25, 0.3) is 0 Å². The molecule has 0 fully saturated rings. The quantitative estimate of drug-likeness (QED) is 0.621. The van der Waals surface area contributed by atoms with Crippen molar-refractivity contribution in [3.63, 3.8) is 0 Å². The molecule has 0 atom stereocenters. The second-order valence-corrected chi connectivity index (χ2v) is 5.75. The van der Waals surface area contributed by atoms with Gasteiger partial charge in [0, 0.05) is 0 Å². The first-order chi connectivity index (χ1) is 8.41. The number of allylic oxidation sites excluding steroid dienone is 1. The van der Waals surface area contributed by atoms with E-state index in [1.165, 1.54) is 12.1 Å². The van der Waals surface area contributed by atoms with Crippen LogP contribution in [0.4, 0.5) is 0 Å². The molecule has 0 unspecified atom stereocenters. The lowest BCUT2D eigenvalue weighted by atomic mass is 10.3. The van der Waals surface area contributed by atoms with Crippen LogP contribution in [-0.4, -0.2) is 21.0 Å². The smallest absolute Gasteiger partial charge is 0.350 e. The molecule has 0 heterocycles. The molecule has 4 nitrogen and oxygen atoms in total. The predicted octanol–water partition coefficient (Wildman–Crippen LogP) is 2.32. The van der Waals surface area contributed by atoms with E-state index < -0.39 is 15.8 Å². The molecule has 0 N–H and O–H groups in total. The molecule has 0 saturated carbocycles. The summed E-state index contributed by atoms with van der Waals surface area (Å²) in [5.41, 5.74) is 0.414. The van der Waals surface area contributed by atoms with E-state index in [1.807, 2.05) is 0 Å². The van der Waals surface area contributed by atoms with Gasteiger partial charge in [-0.1, -0.05) is 18.2 Å². The SMILES string of the molecule is CCOC(=O)C(=C(C)C)S(=O)(=O)c1ccccc1. The fourth-order valence-electron chi connectivity index (χ4n) is 1.50. The zero-order valence-electron chi connectivity index (χ0n) is 10.6. The van der Waals surface area contributed by atoms with Crippen LogP contribution < -0.4 is 0 Å². The van der Waals surface area contributed by atoms with Crippen molar-refractivity contribution in [2.45, 2.75) is 25.7 Å². The molecule has 0 bridgehead atoms. The molecule has 0 aliphatic heterocycles. The Bertz CT molecular complexity index is 552. The van der Waals surface area contributed by atoms with Crippen molar-refractivity contribution in [1.82, 2.24) is 0 Å². The van der Waals surface area contributed by atoms with Crippen LogP contribution in [0.15, 0.2) is 45.7 Å². The Morgan fingerprint density at radius 2 is 1.72 bits per heavy atom. The molecule has 5 heteroatoms. The molecule has 98 valence electrons. The molecule has 1 aromatic rings. The first-order valence-corrected chi connectivity index (χ1v) is 7.04. The number of hydrogen-bond donors (Lipinski definition) is 0. The molecule has 0 radical (unpaired) electrons. The van der Waals surface area contributed by atoms with Crippen LogP contribution in [0.1, 0.15) is 20.8 Å². The van der Waals surface area contributed by atoms with E-state index in [1.54, 1.807) is 39.0 Å². The molecule has 0 saturated heterocycles. The average Bonchev–Trinajstić information content (AvgIpc) is 2.29. The third-order valence-corrected chi connectivity index (χ3v) is 4.24. The number of carbonyl (C=O) groups excluding carboxylic acids is 1. The van der Waals surface area contributed by atoms with Crippen LogP contribution in [0.3, 0.4) is 0 Å². The maximum Gasteiger partial charge on any atom is 0.350 e. The summed E-state index contributed by atoms with van der Waals surface area (Å²) >= 11 is 0. The molecule has 18 heavy (non-hydrogen) atoms. The van der Waals surface area contributed by atoms with E-state index in [-0.39, 0.29) is 16.4 Å². The Morgan fingerprint density at radius 3 is 2.17 bits per heavy atom. The molecule has 0 aliphatic carbocycles. The summed E-state index contributed by atoms with van der Waals surface area (Å²) in [6.45, 7) is 4.93. The molecular formula is C13H16O4S. The van der Waals surface area contributed by atoms with Crippen LogP contribution >= 0.6 is 0 Å². The monoisotopic (exact) mass is 268 g/mol. The van der Waals surface area contributed by atoms with Crippen LogP contribution in [0, 0.1) is 0 Å². The highest BCUT2D eigenvalue weighted by Crippen LogP contribution is 2.22. The number of ether oxygens (including phenoxy) is 1. The van der Waals surface area contributed by atoms with Gasteiger partial charge in [-0.3, -0.25) is 0 Å². The summed E-state index contributed by atoms with van der Waals surface area (Å²) < 4.78 is 29.5. The van der Waals surface area contributed by atoms with Crippen molar-refractivity contribution in [3.8, 4) is 0 Å². The van der Waals surface area contributed by atoms with Crippen molar-refractivity contribution >= 4 is 15.8 Å². The van der Waals surface area contributed by atoms with E-state index in [4.69, 9.17) is 4.74 Å². The topological polar surface area (TPSA) is 60.4 Å². The van der Waals surface area contributed by atoms with E-state index in [9.17, 15) is 13.2 Å². The number of esters is 1. The highest BCUT2D eigenvalue weighted by Gasteiger charge is 2.29. The van der Waals surface area contributed by atoms with Gasteiger partial charge in [0.2, 0.25) is 9.84 Å². The highest BCUT2D eigenvalue weighted by molar-refractivity contribution is 7.96. The van der Waals surface area contributed by atoms with Gasteiger partial charge in [-0.05, 0) is 38.5 Å². The number of rotatable bonds is 4. The van der Waals surface area contributed by atoms with Crippen molar-refractivity contribution in [2.24, 2.45) is 0 Å². The van der Waals surface area contributed by atoms with Gasteiger partial charge < -0.3 is 4.74 Å². The standard InChI is InChI=1S/C13H16O4S/c1-4-17-13(14)12(10(2)3)18(15,16)11-8-6-5-7-9-11/h5-9H,4H2,1-3H3. The molecule has 0 aliphatic rings. The van der Waals surface area contributed by atoms with E-state index in [0.29, 0.717) is 5.57 Å². The fraction of sp³-hybridized carbons (Fsp3) is 0.308. The van der Waals surface area contributed by atoms with Gasteiger partial charge in [-0.15, -0.1) is 0 Å². The first-order valence-electron chi connectivity index (χ1n) is 5.56. The van der Waals surface area contributed by atoms with Crippen molar-refractivity contribution in [3.05, 3.63) is 40.8 Å². The third-order valence-electron chi connectivity index (χ3n) is 2.24. The largest absolute Gasteiger partial charge is 0.462 e. The van der Waals surface area contributed by atoms with E-state index in [2.05, 4.69) is 0 Å². The van der Waals surface area contributed by atoms with Gasteiger partial charge in [0.05, 0.1) is 11.5 Å². The lowest BCUT2D eigenvalue weighted by Crippen LogP contribution is -2.18. The average molecular weight is 268 g/mol. The summed E-state index contributed by atoms with van der Waals surface area (Å²) in [6.07, 6.45) is 0. The maximum absolute atomic E-state index is 12.3. The van der Waals surface area contributed by atoms with Gasteiger partial charge in [-0.25, -0.2) is 13.2 Å². The van der Waals surface area contributed by atoms with E-state index in [0.717, 1.165) is 0 Å². The maximum atomic E-state index is 12.3. The fourth-order valence-corrected chi connectivity index (χ4v) is 3.06. The lowest BCUT2D eigenvalue weighted by molar-refractivity contribution is -0.137. The second kappa shape index (κ2) is 5.82. The third kappa shape index (κ3) is 2.98. The number of carbonyl (C=O) groups is 1. The molecular weight excluding hydrogens is 252 g/mol. The van der Waals surface area contributed by atoms with Gasteiger partial charge in [-0.2, -0.15) is 0 Å². The molecule has 0 amide bonds. The molecule has 1 aromatic carbocycles. The minimum atomic E-state index is -3.82. The van der Waals surface area contributed by atoms with Gasteiger partial charge in [0.15, 0.2) is 4.91 Å². The van der Waals surface area contributed by atoms with Crippen LogP contribution in [0.25, 0.3) is 0 Å². The minimum absolute atomic E-state index is 0.0919. The lowest BCUT2D eigenvalue weighted by Gasteiger charge is -2.10. The molecule has 0 aromatic heterocycles. The minimum Gasteiger partial charge on any atom is -0.462 e. The summed E-state index contributed by atoms with van der Waals surface area (Å²) in [7, 11) is -3.82. The second-order valence-electron chi connectivity index (χ2n) is 3.87. The zero-order chi connectivity index (χ0) is 13.8. The van der Waals surface area contributed by atoms with Crippen LogP contribution in [0.5, 0.6) is 0 Å². The Balaban J connectivity index is 3.33. The summed E-state index contributed by atoms with van der Waals surface area (Å²) in [4.78, 5) is 11.6. The van der Waals surface area contributed by atoms with Crippen molar-refractivity contribution in [2.75, 3.05) is 6.61 Å². The summed E-state index contributed by atoms with van der Waals surface area (Å²) in [6, 6.07) is 7.85. The van der Waals surface area contributed by atoms with Crippen molar-refractivity contribution < 1.29 is 17.9 Å². The number of sulfone groups is 1. The van der Waals surface area contributed by atoms with Crippen molar-refractivity contribution in [1.29, 1.82) is 0 Å². The normalized spacial score (nSPS) is 10.8. The zero-order valence-corrected chi connectivity index (χ0v) is 11.5. The Labute approximate surface area is 107 Å². The van der Waals surface area contributed by atoms with Gasteiger partial charge >= 0.3 is 5.97 Å².